The molecule has 0 bridgehead atoms. The number of benzene rings is 1. The fourth-order valence-corrected chi connectivity index (χ4v) is 2.69. The molecule has 1 aromatic carbocycles. The first-order valence-corrected chi connectivity index (χ1v) is 9.82. The van der Waals surface area contributed by atoms with Crippen molar-refractivity contribution in [2.45, 2.75) is 57.0 Å². The summed E-state index contributed by atoms with van der Waals surface area (Å²) in [7, 11) is 0. The van der Waals surface area contributed by atoms with Crippen LogP contribution in [0.1, 0.15) is 25.8 Å². The van der Waals surface area contributed by atoms with Gasteiger partial charge in [0.2, 0.25) is 23.6 Å². The number of rotatable bonds is 12. The summed E-state index contributed by atoms with van der Waals surface area (Å²) in [5, 5.41) is 26.2. The number of primary amides is 1. The molecule has 5 unspecified atom stereocenters. The van der Waals surface area contributed by atoms with Gasteiger partial charge in [0.05, 0.1) is 18.6 Å². The van der Waals surface area contributed by atoms with Gasteiger partial charge in [-0.2, -0.15) is 0 Å². The summed E-state index contributed by atoms with van der Waals surface area (Å²) in [6.07, 6.45) is -1.80. The van der Waals surface area contributed by atoms with Gasteiger partial charge in [-0.3, -0.25) is 19.2 Å². The minimum Gasteiger partial charge on any atom is -0.480 e. The van der Waals surface area contributed by atoms with Gasteiger partial charge >= 0.3 is 5.97 Å². The number of nitrogens with one attached hydrogen (secondary N) is 3. The van der Waals surface area contributed by atoms with Crippen LogP contribution in [0.3, 0.4) is 0 Å². The van der Waals surface area contributed by atoms with Crippen molar-refractivity contribution in [1.29, 1.82) is 0 Å². The van der Waals surface area contributed by atoms with E-state index in [4.69, 9.17) is 11.5 Å². The van der Waals surface area contributed by atoms with Crippen molar-refractivity contribution in [3.63, 3.8) is 0 Å². The molecule has 32 heavy (non-hydrogen) atoms. The van der Waals surface area contributed by atoms with Crippen LogP contribution >= 0.6 is 0 Å². The van der Waals surface area contributed by atoms with Crippen molar-refractivity contribution in [2.75, 3.05) is 0 Å². The van der Waals surface area contributed by atoms with Crippen molar-refractivity contribution in [3.8, 4) is 0 Å². The molecule has 176 valence electrons. The Morgan fingerprint density at radius 3 is 2.03 bits per heavy atom. The van der Waals surface area contributed by atoms with Crippen LogP contribution < -0.4 is 27.4 Å². The lowest BCUT2D eigenvalue weighted by Crippen LogP contribution is -2.59. The van der Waals surface area contributed by atoms with E-state index in [1.54, 1.807) is 30.3 Å². The van der Waals surface area contributed by atoms with Crippen molar-refractivity contribution in [2.24, 2.45) is 11.5 Å². The molecule has 0 aliphatic heterocycles. The van der Waals surface area contributed by atoms with Crippen LogP contribution in [0.4, 0.5) is 0 Å². The highest BCUT2D eigenvalue weighted by atomic mass is 16.4. The topological polar surface area (TPSA) is 214 Å². The van der Waals surface area contributed by atoms with Crippen LogP contribution in [0.25, 0.3) is 0 Å². The summed E-state index contributed by atoms with van der Waals surface area (Å²) < 4.78 is 0. The number of carbonyl (C=O) groups is 5. The van der Waals surface area contributed by atoms with E-state index in [-0.39, 0.29) is 6.42 Å². The number of hydrogen-bond acceptors (Lipinski definition) is 7. The molecule has 1 rings (SSSR count). The summed E-state index contributed by atoms with van der Waals surface area (Å²) in [4.78, 5) is 59.3. The van der Waals surface area contributed by atoms with E-state index in [1.165, 1.54) is 13.8 Å². The molecule has 0 aliphatic rings. The molecule has 12 nitrogen and oxygen atoms in total. The van der Waals surface area contributed by atoms with Gasteiger partial charge in [0, 0.05) is 6.42 Å². The van der Waals surface area contributed by atoms with E-state index in [1.807, 2.05) is 0 Å². The molecule has 0 heterocycles. The Hall–Kier alpha value is -3.51. The summed E-state index contributed by atoms with van der Waals surface area (Å²) in [5.41, 5.74) is 11.1. The molecular formula is C20H29N5O7. The summed E-state index contributed by atoms with van der Waals surface area (Å²) in [5.74, 6) is -4.64. The quantitative estimate of drug-likeness (QED) is 0.178. The number of carboxylic acid groups (broad SMARTS) is 1. The zero-order chi connectivity index (χ0) is 24.4. The molecule has 4 amide bonds. The maximum atomic E-state index is 12.6. The van der Waals surface area contributed by atoms with Gasteiger partial charge in [-0.15, -0.1) is 0 Å². The van der Waals surface area contributed by atoms with E-state index in [0.717, 1.165) is 0 Å². The second-order valence-electron chi connectivity index (χ2n) is 7.32. The molecule has 0 saturated carbocycles. The fourth-order valence-electron chi connectivity index (χ4n) is 2.69. The van der Waals surface area contributed by atoms with Crippen LogP contribution in [-0.4, -0.2) is 70.1 Å². The molecule has 0 saturated heterocycles. The third kappa shape index (κ3) is 8.70. The first kappa shape index (κ1) is 26.5. The third-order valence-corrected chi connectivity index (χ3v) is 4.47. The van der Waals surface area contributed by atoms with E-state index < -0.39 is 66.3 Å². The van der Waals surface area contributed by atoms with Crippen LogP contribution in [0, 0.1) is 0 Å². The minimum atomic E-state index is -1.49. The first-order chi connectivity index (χ1) is 14.9. The maximum Gasteiger partial charge on any atom is 0.326 e. The SMILES string of the molecule is CC(NC(=O)C(N)CC(N)=O)C(=O)NC(C(=O)NC(Cc1ccccc1)C(=O)O)C(C)O. The van der Waals surface area contributed by atoms with Gasteiger partial charge in [0.15, 0.2) is 0 Å². The Morgan fingerprint density at radius 2 is 1.53 bits per heavy atom. The lowest BCUT2D eigenvalue weighted by molar-refractivity contribution is -0.143. The number of aliphatic hydroxyl groups is 1. The van der Waals surface area contributed by atoms with Gasteiger partial charge in [-0.1, -0.05) is 30.3 Å². The largest absolute Gasteiger partial charge is 0.480 e. The van der Waals surface area contributed by atoms with Crippen molar-refractivity contribution >= 4 is 29.6 Å². The van der Waals surface area contributed by atoms with Gasteiger partial charge in [0.25, 0.3) is 0 Å². The number of carbonyl (C=O) groups excluding carboxylic acids is 4. The summed E-state index contributed by atoms with van der Waals surface area (Å²) >= 11 is 0. The second-order valence-corrected chi connectivity index (χ2v) is 7.32. The Balaban J connectivity index is 2.78. The summed E-state index contributed by atoms with van der Waals surface area (Å²) in [6, 6.07) is 3.39. The van der Waals surface area contributed by atoms with E-state index in [2.05, 4.69) is 16.0 Å². The Bertz CT molecular complexity index is 831. The monoisotopic (exact) mass is 451 g/mol. The molecule has 0 radical (unpaired) electrons. The van der Waals surface area contributed by atoms with Crippen molar-refractivity contribution < 1.29 is 34.2 Å². The zero-order valence-corrected chi connectivity index (χ0v) is 17.8. The number of amides is 4. The Morgan fingerprint density at radius 1 is 0.938 bits per heavy atom. The molecular weight excluding hydrogens is 422 g/mol. The normalized spacial score (nSPS) is 15.4. The lowest BCUT2D eigenvalue weighted by Gasteiger charge is -2.25. The van der Waals surface area contributed by atoms with Gasteiger partial charge in [0.1, 0.15) is 18.1 Å². The maximum absolute atomic E-state index is 12.6. The number of aliphatic hydroxyl groups excluding tert-OH is 1. The number of aliphatic carboxylic acids is 1. The average Bonchev–Trinajstić information content (AvgIpc) is 2.70. The predicted molar refractivity (Wildman–Crippen MR) is 113 cm³/mol. The van der Waals surface area contributed by atoms with Crippen LogP contribution in [0.5, 0.6) is 0 Å². The molecule has 12 heteroatoms. The molecule has 1 aromatic rings. The smallest absolute Gasteiger partial charge is 0.326 e. The Labute approximate surface area is 184 Å². The van der Waals surface area contributed by atoms with E-state index in [0.29, 0.717) is 5.56 Å². The van der Waals surface area contributed by atoms with E-state index in [9.17, 15) is 34.2 Å². The molecule has 0 aromatic heterocycles. The highest BCUT2D eigenvalue weighted by Gasteiger charge is 2.31. The minimum absolute atomic E-state index is 0.00734. The number of carboxylic acids is 1. The summed E-state index contributed by atoms with van der Waals surface area (Å²) in [6.45, 7) is 2.54. The van der Waals surface area contributed by atoms with Crippen LogP contribution in [0.15, 0.2) is 30.3 Å². The van der Waals surface area contributed by atoms with Gasteiger partial charge in [-0.25, -0.2) is 4.79 Å². The highest BCUT2D eigenvalue weighted by molar-refractivity contribution is 5.95. The molecule has 9 N–H and O–H groups in total. The first-order valence-electron chi connectivity index (χ1n) is 9.82. The third-order valence-electron chi connectivity index (χ3n) is 4.47. The van der Waals surface area contributed by atoms with Gasteiger partial charge in [-0.05, 0) is 19.4 Å². The molecule has 0 aliphatic carbocycles. The predicted octanol–water partition coefficient (Wildman–Crippen LogP) is -2.63. The molecule has 5 atom stereocenters. The standard InChI is InChI=1S/C20H29N5O7/c1-10(23-18(29)13(21)9-15(22)27)17(28)25-16(11(2)26)19(30)24-14(20(31)32)8-12-6-4-3-5-7-12/h3-7,10-11,13-14,16,26H,8-9,21H2,1-2H3,(H2,22,27)(H,23,29)(H,24,30)(H,25,28)(H,31,32). The van der Waals surface area contributed by atoms with Gasteiger partial charge < -0.3 is 37.6 Å². The second kappa shape index (κ2) is 12.4. The highest BCUT2D eigenvalue weighted by Crippen LogP contribution is 2.05. The average molecular weight is 451 g/mol. The molecule has 0 spiro atoms. The fraction of sp³-hybridized carbons (Fsp3) is 0.450. The van der Waals surface area contributed by atoms with E-state index >= 15 is 0 Å². The van der Waals surface area contributed by atoms with Crippen molar-refractivity contribution in [3.05, 3.63) is 35.9 Å². The van der Waals surface area contributed by atoms with Crippen molar-refractivity contribution in [1.82, 2.24) is 16.0 Å². The number of hydrogen-bond donors (Lipinski definition) is 7. The zero-order valence-electron chi connectivity index (χ0n) is 17.8. The van der Waals surface area contributed by atoms with Crippen LogP contribution in [0.2, 0.25) is 0 Å². The molecule has 0 fully saturated rings. The van der Waals surface area contributed by atoms with Crippen LogP contribution in [-0.2, 0) is 30.4 Å². The Kier molecular flexibility index (Phi) is 10.3. The number of nitrogens with two attached hydrogens (primary N) is 2. The lowest BCUT2D eigenvalue weighted by atomic mass is 10.0.